The molecule has 110 valence electrons. The van der Waals surface area contributed by atoms with Crippen LogP contribution in [-0.2, 0) is 4.74 Å². The molecule has 0 amide bonds. The molecule has 0 aliphatic heterocycles. The van der Waals surface area contributed by atoms with Gasteiger partial charge in [-0.25, -0.2) is 15.0 Å². The molecule has 0 saturated heterocycles. The summed E-state index contributed by atoms with van der Waals surface area (Å²) in [6, 6.07) is 0. The van der Waals surface area contributed by atoms with E-state index in [2.05, 4.69) is 34.1 Å². The Hall–Kier alpha value is -0.920. The second-order valence-electron chi connectivity index (χ2n) is 5.32. The fourth-order valence-electron chi connectivity index (χ4n) is 1.74. The molecule has 2 aromatic heterocycles. The predicted octanol–water partition coefficient (Wildman–Crippen LogP) is 3.28. The molecule has 0 saturated carbocycles. The Morgan fingerprint density at radius 2 is 2.20 bits per heavy atom. The van der Waals surface area contributed by atoms with Crippen LogP contribution in [0.3, 0.4) is 0 Å². The minimum atomic E-state index is 0.153. The molecule has 0 spiro atoms. The van der Waals surface area contributed by atoms with Crippen molar-refractivity contribution < 1.29 is 4.74 Å². The first-order valence-corrected chi connectivity index (χ1v) is 8.48. The molecule has 5 nitrogen and oxygen atoms in total. The number of aromatic nitrogens is 3. The molecular weight excluding hydrogens is 292 g/mol. The third-order valence-electron chi connectivity index (χ3n) is 3.06. The van der Waals surface area contributed by atoms with Crippen molar-refractivity contribution in [1.29, 1.82) is 0 Å². The Bertz CT molecular complexity index is 570. The topological polar surface area (TPSA) is 59.9 Å². The van der Waals surface area contributed by atoms with Crippen LogP contribution in [0.25, 0.3) is 10.3 Å². The highest BCUT2D eigenvalue weighted by atomic mass is 32.2. The van der Waals surface area contributed by atoms with E-state index in [0.717, 1.165) is 40.1 Å². The highest BCUT2D eigenvalue weighted by Crippen LogP contribution is 2.31. The van der Waals surface area contributed by atoms with Gasteiger partial charge < -0.3 is 10.1 Å². The Morgan fingerprint density at radius 3 is 2.90 bits per heavy atom. The molecule has 2 heterocycles. The van der Waals surface area contributed by atoms with Crippen molar-refractivity contribution in [3.8, 4) is 0 Å². The molecule has 0 radical (unpaired) electrons. The number of anilines is 1. The minimum absolute atomic E-state index is 0.153. The van der Waals surface area contributed by atoms with E-state index in [1.54, 1.807) is 36.5 Å². The van der Waals surface area contributed by atoms with Gasteiger partial charge in [-0.1, -0.05) is 25.6 Å². The SMILES string of the molecule is COCCC(C)(C)CNc1ncnc2nc(SC)sc12. The molecule has 0 aliphatic rings. The smallest absolute Gasteiger partial charge is 0.176 e. The van der Waals surface area contributed by atoms with Crippen molar-refractivity contribution in [2.75, 3.05) is 31.8 Å². The number of hydrogen-bond donors (Lipinski definition) is 1. The molecule has 7 heteroatoms. The molecular formula is C13H20N4OS2. The van der Waals surface area contributed by atoms with Crippen LogP contribution in [0.4, 0.5) is 5.82 Å². The van der Waals surface area contributed by atoms with E-state index in [4.69, 9.17) is 4.74 Å². The first-order valence-electron chi connectivity index (χ1n) is 6.44. The maximum atomic E-state index is 5.15. The van der Waals surface area contributed by atoms with Gasteiger partial charge in [-0.3, -0.25) is 0 Å². The number of nitrogens with one attached hydrogen (secondary N) is 1. The van der Waals surface area contributed by atoms with E-state index in [1.807, 2.05) is 6.26 Å². The summed E-state index contributed by atoms with van der Waals surface area (Å²) in [5.74, 6) is 0.873. The lowest BCUT2D eigenvalue weighted by atomic mass is 9.90. The fourth-order valence-corrected chi connectivity index (χ4v) is 3.22. The number of thioether (sulfide) groups is 1. The normalized spacial score (nSPS) is 12.0. The molecule has 0 bridgehead atoms. The molecule has 2 rings (SSSR count). The number of hydrogen-bond acceptors (Lipinski definition) is 7. The van der Waals surface area contributed by atoms with Crippen LogP contribution in [-0.4, -0.2) is 41.5 Å². The van der Waals surface area contributed by atoms with E-state index in [9.17, 15) is 0 Å². The number of fused-ring (bicyclic) bond motifs is 1. The van der Waals surface area contributed by atoms with E-state index in [-0.39, 0.29) is 5.41 Å². The molecule has 0 unspecified atom stereocenters. The van der Waals surface area contributed by atoms with Gasteiger partial charge in [-0.2, -0.15) is 0 Å². The van der Waals surface area contributed by atoms with Gasteiger partial charge in [0.25, 0.3) is 0 Å². The minimum Gasteiger partial charge on any atom is -0.385 e. The number of thiazole rings is 1. The summed E-state index contributed by atoms with van der Waals surface area (Å²) in [5.41, 5.74) is 0.923. The van der Waals surface area contributed by atoms with Crippen LogP contribution >= 0.6 is 23.1 Å². The lowest BCUT2D eigenvalue weighted by Gasteiger charge is -2.24. The van der Waals surface area contributed by atoms with E-state index >= 15 is 0 Å². The summed E-state index contributed by atoms with van der Waals surface area (Å²) in [4.78, 5) is 13.0. The standard InChI is InChI=1S/C13H20N4OS2/c1-13(2,5-6-18-3)7-14-10-9-11(16-8-15-10)17-12(19-4)20-9/h8H,5-7H2,1-4H3,(H,14,15,16). The number of methoxy groups -OCH3 is 1. The average Bonchev–Trinajstić information content (AvgIpc) is 2.86. The highest BCUT2D eigenvalue weighted by Gasteiger charge is 2.18. The fraction of sp³-hybridized carbons (Fsp3) is 0.615. The van der Waals surface area contributed by atoms with Crippen molar-refractivity contribution in [2.24, 2.45) is 5.41 Å². The van der Waals surface area contributed by atoms with Gasteiger partial charge in [0.05, 0.1) is 0 Å². The van der Waals surface area contributed by atoms with Gasteiger partial charge in [-0.15, -0.1) is 11.3 Å². The molecule has 2 aromatic rings. The lowest BCUT2D eigenvalue weighted by molar-refractivity contribution is 0.157. The van der Waals surface area contributed by atoms with Gasteiger partial charge in [0.1, 0.15) is 16.8 Å². The molecule has 0 aliphatic carbocycles. The van der Waals surface area contributed by atoms with Crippen molar-refractivity contribution in [2.45, 2.75) is 24.6 Å². The van der Waals surface area contributed by atoms with Crippen LogP contribution in [0.1, 0.15) is 20.3 Å². The summed E-state index contributed by atoms with van der Waals surface area (Å²) in [7, 11) is 1.73. The monoisotopic (exact) mass is 312 g/mol. The lowest BCUT2D eigenvalue weighted by Crippen LogP contribution is -2.25. The zero-order valence-electron chi connectivity index (χ0n) is 12.3. The van der Waals surface area contributed by atoms with Crippen LogP contribution in [0.15, 0.2) is 10.7 Å². The van der Waals surface area contributed by atoms with Crippen molar-refractivity contribution in [3.63, 3.8) is 0 Å². The zero-order valence-corrected chi connectivity index (χ0v) is 13.9. The Balaban J connectivity index is 2.11. The van der Waals surface area contributed by atoms with Gasteiger partial charge in [0.15, 0.2) is 9.99 Å². The Kier molecular flexibility index (Phi) is 5.17. The molecule has 0 aromatic carbocycles. The highest BCUT2D eigenvalue weighted by molar-refractivity contribution is 8.00. The Labute approximate surface area is 127 Å². The van der Waals surface area contributed by atoms with Crippen LogP contribution in [0, 0.1) is 5.41 Å². The number of nitrogens with zero attached hydrogens (tertiary/aromatic N) is 3. The summed E-state index contributed by atoms with van der Waals surface area (Å²) < 4.78 is 7.20. The largest absolute Gasteiger partial charge is 0.385 e. The third kappa shape index (κ3) is 3.80. The maximum absolute atomic E-state index is 5.15. The molecule has 0 fully saturated rings. The van der Waals surface area contributed by atoms with Crippen LogP contribution in [0.2, 0.25) is 0 Å². The first-order chi connectivity index (χ1) is 9.55. The van der Waals surface area contributed by atoms with E-state index in [1.165, 1.54) is 0 Å². The van der Waals surface area contributed by atoms with Gasteiger partial charge in [0, 0.05) is 20.3 Å². The maximum Gasteiger partial charge on any atom is 0.176 e. The number of rotatable bonds is 7. The van der Waals surface area contributed by atoms with Crippen molar-refractivity contribution in [1.82, 2.24) is 15.0 Å². The first kappa shape index (κ1) is 15.5. The van der Waals surface area contributed by atoms with Crippen LogP contribution < -0.4 is 5.32 Å². The van der Waals surface area contributed by atoms with E-state index in [0.29, 0.717) is 0 Å². The quantitative estimate of drug-likeness (QED) is 0.792. The van der Waals surface area contributed by atoms with Crippen molar-refractivity contribution in [3.05, 3.63) is 6.33 Å². The Morgan fingerprint density at radius 1 is 1.40 bits per heavy atom. The van der Waals surface area contributed by atoms with Gasteiger partial charge in [-0.05, 0) is 18.1 Å². The zero-order chi connectivity index (χ0) is 14.6. The summed E-state index contributed by atoms with van der Waals surface area (Å²) >= 11 is 3.27. The second kappa shape index (κ2) is 6.69. The molecule has 1 N–H and O–H groups in total. The number of ether oxygens (including phenoxy) is 1. The summed E-state index contributed by atoms with van der Waals surface area (Å²) in [6.07, 6.45) is 4.59. The summed E-state index contributed by atoms with van der Waals surface area (Å²) in [6.45, 7) is 6.05. The second-order valence-corrected chi connectivity index (χ2v) is 7.37. The summed E-state index contributed by atoms with van der Waals surface area (Å²) in [5, 5.41) is 3.43. The molecule has 20 heavy (non-hydrogen) atoms. The average molecular weight is 312 g/mol. The third-order valence-corrected chi connectivity index (χ3v) is 5.10. The van der Waals surface area contributed by atoms with E-state index < -0.39 is 0 Å². The van der Waals surface area contributed by atoms with Crippen LogP contribution in [0.5, 0.6) is 0 Å². The van der Waals surface area contributed by atoms with Gasteiger partial charge >= 0.3 is 0 Å². The van der Waals surface area contributed by atoms with Crippen molar-refractivity contribution >= 4 is 39.3 Å². The molecule has 0 atom stereocenters. The predicted molar refractivity (Wildman–Crippen MR) is 85.8 cm³/mol. The van der Waals surface area contributed by atoms with Gasteiger partial charge in [0.2, 0.25) is 0 Å².